The monoisotopic (exact) mass is 767 g/mol. The van der Waals surface area contributed by atoms with Crippen LogP contribution in [0.25, 0.3) is 122 Å². The van der Waals surface area contributed by atoms with Crippen LogP contribution in [0.5, 0.6) is 0 Å². The number of fused-ring (bicyclic) bond motifs is 8. The van der Waals surface area contributed by atoms with E-state index >= 15 is 0 Å². The molecule has 0 saturated carbocycles. The van der Waals surface area contributed by atoms with Crippen LogP contribution in [0.4, 0.5) is 0 Å². The molecule has 0 spiro atoms. The van der Waals surface area contributed by atoms with Crippen molar-refractivity contribution in [1.82, 2.24) is 15.0 Å². The predicted octanol–water partition coefficient (Wildman–Crippen LogP) is 14.8. The number of benzene rings is 9. The summed E-state index contributed by atoms with van der Waals surface area (Å²) in [5.74, 6) is 1.93. The highest BCUT2D eigenvalue weighted by molar-refractivity contribution is 6.23. The van der Waals surface area contributed by atoms with Gasteiger partial charge in [0.2, 0.25) is 0 Å². The summed E-state index contributed by atoms with van der Waals surface area (Å²) in [6.07, 6.45) is 0. The molecule has 280 valence electrons. The number of aromatic nitrogens is 3. The zero-order valence-corrected chi connectivity index (χ0v) is 32.2. The van der Waals surface area contributed by atoms with Gasteiger partial charge in [-0.25, -0.2) is 15.0 Å². The van der Waals surface area contributed by atoms with Crippen molar-refractivity contribution < 1.29 is 8.83 Å². The van der Waals surface area contributed by atoms with Gasteiger partial charge in [-0.2, -0.15) is 0 Å². The molecule has 5 heteroatoms. The fourth-order valence-corrected chi connectivity index (χ4v) is 8.66. The van der Waals surface area contributed by atoms with Crippen molar-refractivity contribution >= 4 is 54.6 Å². The Morgan fingerprint density at radius 1 is 0.267 bits per heavy atom. The maximum absolute atomic E-state index is 6.72. The van der Waals surface area contributed by atoms with Crippen molar-refractivity contribution in [3.63, 3.8) is 0 Å². The molecule has 12 rings (SSSR count). The third-order valence-corrected chi connectivity index (χ3v) is 11.6. The second-order valence-electron chi connectivity index (χ2n) is 15.1. The average molecular weight is 768 g/mol. The average Bonchev–Trinajstić information content (AvgIpc) is 3.91. The summed E-state index contributed by atoms with van der Waals surface area (Å²) in [6.45, 7) is 0. The number of para-hydroxylation sites is 2. The molecule has 0 bridgehead atoms. The summed E-state index contributed by atoms with van der Waals surface area (Å²) in [7, 11) is 0. The fourth-order valence-electron chi connectivity index (χ4n) is 8.66. The zero-order chi connectivity index (χ0) is 39.6. The molecule has 0 unspecified atom stereocenters. The van der Waals surface area contributed by atoms with Gasteiger partial charge < -0.3 is 8.83 Å². The molecular formula is C55H33N3O2. The molecule has 0 amide bonds. The molecule has 0 aliphatic heterocycles. The maximum Gasteiger partial charge on any atom is 0.164 e. The number of hydrogen-bond donors (Lipinski definition) is 0. The Bertz CT molecular complexity index is 3510. The predicted molar refractivity (Wildman–Crippen MR) is 245 cm³/mol. The van der Waals surface area contributed by atoms with E-state index in [1.165, 1.54) is 0 Å². The smallest absolute Gasteiger partial charge is 0.164 e. The second-order valence-corrected chi connectivity index (χ2v) is 15.1. The van der Waals surface area contributed by atoms with Crippen LogP contribution in [0.2, 0.25) is 0 Å². The van der Waals surface area contributed by atoms with Crippen molar-refractivity contribution in [3.05, 3.63) is 200 Å². The second kappa shape index (κ2) is 13.8. The lowest BCUT2D eigenvalue weighted by Gasteiger charge is -2.11. The van der Waals surface area contributed by atoms with Crippen LogP contribution in [-0.2, 0) is 0 Å². The highest BCUT2D eigenvalue weighted by Crippen LogP contribution is 2.45. The van der Waals surface area contributed by atoms with Gasteiger partial charge >= 0.3 is 0 Å². The summed E-state index contributed by atoms with van der Waals surface area (Å²) >= 11 is 0. The van der Waals surface area contributed by atoms with Crippen molar-refractivity contribution in [2.45, 2.75) is 0 Å². The summed E-state index contributed by atoms with van der Waals surface area (Å²) in [4.78, 5) is 14.7. The van der Waals surface area contributed by atoms with Crippen LogP contribution < -0.4 is 0 Å². The first-order chi connectivity index (χ1) is 29.7. The van der Waals surface area contributed by atoms with E-state index in [1.54, 1.807) is 0 Å². The Morgan fingerprint density at radius 2 is 0.717 bits per heavy atom. The highest BCUT2D eigenvalue weighted by atomic mass is 16.3. The molecule has 60 heavy (non-hydrogen) atoms. The summed E-state index contributed by atoms with van der Waals surface area (Å²) in [5.41, 5.74) is 13.0. The van der Waals surface area contributed by atoms with E-state index in [0.717, 1.165) is 105 Å². The Hall–Kier alpha value is -8.15. The summed E-state index contributed by atoms with van der Waals surface area (Å²) < 4.78 is 13.2. The van der Waals surface area contributed by atoms with Crippen LogP contribution in [0, 0.1) is 0 Å². The van der Waals surface area contributed by atoms with Crippen LogP contribution >= 0.6 is 0 Å². The third kappa shape index (κ3) is 5.59. The first-order valence-corrected chi connectivity index (χ1v) is 20.1. The molecule has 0 aliphatic carbocycles. The fraction of sp³-hybridized carbons (Fsp3) is 0. The van der Waals surface area contributed by atoms with Gasteiger partial charge in [-0.05, 0) is 51.4 Å². The molecular weight excluding hydrogens is 735 g/mol. The Kier molecular flexibility index (Phi) is 7.78. The number of hydrogen-bond acceptors (Lipinski definition) is 5. The lowest BCUT2D eigenvalue weighted by Crippen LogP contribution is -2.00. The summed E-state index contributed by atoms with van der Waals surface area (Å²) in [5, 5.41) is 6.60. The van der Waals surface area contributed by atoms with E-state index in [9.17, 15) is 0 Å². The van der Waals surface area contributed by atoms with Crippen LogP contribution in [0.3, 0.4) is 0 Å². The maximum atomic E-state index is 6.72. The standard InChI is InChI=1S/C55H33N3O2/c1-3-13-37(14-4-1)53-56-54(38-15-5-2-6-16-38)58-55(57-53)39-31-27-35(28-32-39)34-25-29-36(30-26-34)46-33-47-50-42(20-12-24-49(50)60-52(47)43-19-8-7-17-40(43)46)45-22-11-21-44-41-18-9-10-23-48(41)59-51(44)45/h1-33H. The van der Waals surface area contributed by atoms with Gasteiger partial charge in [0.05, 0.1) is 0 Å². The molecule has 3 heterocycles. The van der Waals surface area contributed by atoms with Crippen molar-refractivity contribution in [3.8, 4) is 67.5 Å². The van der Waals surface area contributed by atoms with Gasteiger partial charge in [-0.1, -0.05) is 182 Å². The minimum absolute atomic E-state index is 0.635. The molecule has 3 aromatic heterocycles. The van der Waals surface area contributed by atoms with Gasteiger partial charge in [0, 0.05) is 49.2 Å². The highest BCUT2D eigenvalue weighted by Gasteiger charge is 2.20. The topological polar surface area (TPSA) is 65.0 Å². The molecule has 0 aliphatic rings. The molecule has 9 aromatic carbocycles. The van der Waals surface area contributed by atoms with Gasteiger partial charge in [0.25, 0.3) is 0 Å². The first kappa shape index (κ1) is 33.9. The Morgan fingerprint density at radius 3 is 1.38 bits per heavy atom. The molecule has 0 saturated heterocycles. The van der Waals surface area contributed by atoms with Gasteiger partial charge in [0.15, 0.2) is 17.5 Å². The summed E-state index contributed by atoms with van der Waals surface area (Å²) in [6, 6.07) is 69.2. The van der Waals surface area contributed by atoms with Gasteiger partial charge in [0.1, 0.15) is 22.3 Å². The van der Waals surface area contributed by atoms with E-state index in [2.05, 4.69) is 127 Å². The van der Waals surface area contributed by atoms with E-state index < -0.39 is 0 Å². The number of rotatable bonds is 6. The molecule has 0 atom stereocenters. The molecule has 12 aromatic rings. The minimum atomic E-state index is 0.635. The molecule has 0 N–H and O–H groups in total. The van der Waals surface area contributed by atoms with Crippen LogP contribution in [0.15, 0.2) is 209 Å². The van der Waals surface area contributed by atoms with Gasteiger partial charge in [-0.15, -0.1) is 0 Å². The first-order valence-electron chi connectivity index (χ1n) is 20.1. The van der Waals surface area contributed by atoms with Crippen LogP contribution in [0.1, 0.15) is 0 Å². The van der Waals surface area contributed by atoms with Gasteiger partial charge in [-0.3, -0.25) is 0 Å². The largest absolute Gasteiger partial charge is 0.455 e. The SMILES string of the molecule is c1ccc(-c2nc(-c3ccccc3)nc(-c3ccc(-c4ccc(-c5cc6c(oc7cccc(-c8cccc9c8oc8ccccc89)c76)c6ccccc56)cc4)cc3)n2)cc1. The Labute approximate surface area is 344 Å². The van der Waals surface area contributed by atoms with E-state index in [1.807, 2.05) is 72.8 Å². The minimum Gasteiger partial charge on any atom is -0.455 e. The normalized spacial score (nSPS) is 11.7. The van der Waals surface area contributed by atoms with E-state index in [4.69, 9.17) is 23.8 Å². The third-order valence-electron chi connectivity index (χ3n) is 11.6. The molecule has 5 nitrogen and oxygen atoms in total. The zero-order valence-electron chi connectivity index (χ0n) is 32.2. The van der Waals surface area contributed by atoms with Crippen molar-refractivity contribution in [2.75, 3.05) is 0 Å². The van der Waals surface area contributed by atoms with Crippen molar-refractivity contribution in [2.24, 2.45) is 0 Å². The molecule has 0 radical (unpaired) electrons. The van der Waals surface area contributed by atoms with E-state index in [-0.39, 0.29) is 0 Å². The van der Waals surface area contributed by atoms with E-state index in [0.29, 0.717) is 17.5 Å². The number of furan rings is 2. The quantitative estimate of drug-likeness (QED) is 0.169. The molecule has 0 fully saturated rings. The van der Waals surface area contributed by atoms with Crippen LogP contribution in [-0.4, -0.2) is 15.0 Å². The Balaban J connectivity index is 0.934. The number of nitrogens with zero attached hydrogens (tertiary/aromatic N) is 3. The van der Waals surface area contributed by atoms with Crippen molar-refractivity contribution in [1.29, 1.82) is 0 Å². The lowest BCUT2D eigenvalue weighted by molar-refractivity contribution is 0.670. The lowest BCUT2D eigenvalue weighted by atomic mass is 9.92.